The Balaban J connectivity index is 2.19. The lowest BCUT2D eigenvalue weighted by Crippen LogP contribution is -2.61. The van der Waals surface area contributed by atoms with Crippen LogP contribution in [0.3, 0.4) is 0 Å². The van der Waals surface area contributed by atoms with Gasteiger partial charge in [0.05, 0.1) is 19.3 Å². The second-order valence-electron chi connectivity index (χ2n) is 7.09. The lowest BCUT2D eigenvalue weighted by molar-refractivity contribution is -0.157. The molecule has 126 valence electrons. The van der Waals surface area contributed by atoms with E-state index in [1.165, 1.54) is 7.11 Å². The highest BCUT2D eigenvalue weighted by Gasteiger charge is 2.67. The second kappa shape index (κ2) is 5.70. The summed E-state index contributed by atoms with van der Waals surface area (Å²) < 4.78 is 15.4. The molecule has 2 aliphatic rings. The van der Waals surface area contributed by atoms with E-state index in [1.807, 2.05) is 0 Å². The van der Waals surface area contributed by atoms with E-state index < -0.39 is 34.7 Å². The molecule has 0 aromatic heterocycles. The first-order chi connectivity index (χ1) is 10.2. The number of aliphatic hydroxyl groups is 1. The summed E-state index contributed by atoms with van der Waals surface area (Å²) in [4.78, 5) is 23.9. The quantitative estimate of drug-likeness (QED) is 0.751. The molecule has 2 N–H and O–H groups in total. The van der Waals surface area contributed by atoms with E-state index in [9.17, 15) is 14.7 Å². The summed E-state index contributed by atoms with van der Waals surface area (Å²) in [7, 11) is 1.24. The number of ether oxygens (including phenoxy) is 3. The Bertz CT molecular complexity index is 445. The van der Waals surface area contributed by atoms with E-state index in [0.29, 0.717) is 25.9 Å². The number of aliphatic hydroxyl groups excluding tert-OH is 1. The van der Waals surface area contributed by atoms with Gasteiger partial charge in [-0.1, -0.05) is 0 Å². The molecule has 22 heavy (non-hydrogen) atoms. The number of esters is 1. The zero-order valence-electron chi connectivity index (χ0n) is 13.6. The molecule has 0 aromatic rings. The molecule has 0 bridgehead atoms. The highest BCUT2D eigenvalue weighted by Crippen LogP contribution is 2.59. The fourth-order valence-corrected chi connectivity index (χ4v) is 3.17. The van der Waals surface area contributed by atoms with Crippen LogP contribution < -0.4 is 5.32 Å². The SMILES string of the molecule is COC(=O)C(O)C1(C2(NC(=O)OC(C)(C)C)CCOC2)CC1. The maximum absolute atomic E-state index is 12.2. The van der Waals surface area contributed by atoms with Crippen LogP contribution in [-0.4, -0.2) is 54.7 Å². The molecule has 1 saturated carbocycles. The summed E-state index contributed by atoms with van der Waals surface area (Å²) in [5.74, 6) is -0.685. The van der Waals surface area contributed by atoms with Crippen molar-refractivity contribution in [3.8, 4) is 0 Å². The molecule has 0 radical (unpaired) electrons. The van der Waals surface area contributed by atoms with Gasteiger partial charge >= 0.3 is 12.1 Å². The minimum absolute atomic E-state index is 0.250. The predicted octanol–water partition coefficient (Wildman–Crippen LogP) is 0.984. The third kappa shape index (κ3) is 3.05. The summed E-state index contributed by atoms with van der Waals surface area (Å²) >= 11 is 0. The molecule has 1 heterocycles. The van der Waals surface area contributed by atoms with Crippen LogP contribution >= 0.6 is 0 Å². The molecular weight excluding hydrogens is 290 g/mol. The van der Waals surface area contributed by atoms with E-state index in [0.717, 1.165) is 0 Å². The maximum Gasteiger partial charge on any atom is 0.408 e. The Kier molecular flexibility index (Phi) is 4.41. The Morgan fingerprint density at radius 1 is 1.27 bits per heavy atom. The Morgan fingerprint density at radius 3 is 2.32 bits per heavy atom. The normalized spacial score (nSPS) is 27.9. The van der Waals surface area contributed by atoms with Crippen molar-refractivity contribution >= 4 is 12.1 Å². The van der Waals surface area contributed by atoms with Gasteiger partial charge in [0.15, 0.2) is 6.10 Å². The molecule has 1 amide bonds. The van der Waals surface area contributed by atoms with Gasteiger partial charge in [-0.05, 0) is 40.0 Å². The third-order valence-electron chi connectivity index (χ3n) is 4.45. The number of nitrogens with one attached hydrogen (secondary N) is 1. The molecule has 1 aliphatic carbocycles. The van der Waals surface area contributed by atoms with Crippen LogP contribution in [0.2, 0.25) is 0 Å². The molecule has 0 aromatic carbocycles. The highest BCUT2D eigenvalue weighted by atomic mass is 16.6. The molecule has 7 nitrogen and oxygen atoms in total. The number of amides is 1. The van der Waals surface area contributed by atoms with E-state index >= 15 is 0 Å². The minimum Gasteiger partial charge on any atom is -0.467 e. The lowest BCUT2D eigenvalue weighted by atomic mass is 9.76. The van der Waals surface area contributed by atoms with Gasteiger partial charge in [0.1, 0.15) is 5.60 Å². The predicted molar refractivity (Wildman–Crippen MR) is 77.2 cm³/mol. The molecule has 2 atom stereocenters. The Hall–Kier alpha value is -1.34. The van der Waals surface area contributed by atoms with Crippen molar-refractivity contribution in [1.82, 2.24) is 5.32 Å². The minimum atomic E-state index is -1.28. The monoisotopic (exact) mass is 315 g/mol. The van der Waals surface area contributed by atoms with Crippen LogP contribution in [0.1, 0.15) is 40.0 Å². The maximum atomic E-state index is 12.2. The van der Waals surface area contributed by atoms with Crippen molar-refractivity contribution in [2.45, 2.75) is 57.3 Å². The van der Waals surface area contributed by atoms with Gasteiger partial charge in [0.2, 0.25) is 0 Å². The van der Waals surface area contributed by atoms with E-state index in [1.54, 1.807) is 20.8 Å². The Morgan fingerprint density at radius 2 is 1.91 bits per heavy atom. The topological polar surface area (TPSA) is 94.1 Å². The number of methoxy groups -OCH3 is 1. The third-order valence-corrected chi connectivity index (χ3v) is 4.45. The average molecular weight is 315 g/mol. The molecule has 2 unspecified atom stereocenters. The van der Waals surface area contributed by atoms with Crippen molar-refractivity contribution in [2.24, 2.45) is 5.41 Å². The summed E-state index contributed by atoms with van der Waals surface area (Å²) in [5, 5.41) is 13.2. The van der Waals surface area contributed by atoms with Gasteiger partial charge in [-0.2, -0.15) is 0 Å². The average Bonchev–Trinajstić information content (AvgIpc) is 3.10. The number of hydrogen-bond acceptors (Lipinski definition) is 6. The number of hydrogen-bond donors (Lipinski definition) is 2. The fourth-order valence-electron chi connectivity index (χ4n) is 3.17. The smallest absolute Gasteiger partial charge is 0.408 e. The standard InChI is InChI=1S/C15H25NO6/c1-13(2,3)22-12(19)16-15(7-8-21-9-15)14(5-6-14)10(17)11(18)20-4/h10,17H,5-9H2,1-4H3,(H,16,19). The van der Waals surface area contributed by atoms with Gasteiger partial charge in [-0.15, -0.1) is 0 Å². The van der Waals surface area contributed by atoms with E-state index in [-0.39, 0.29) is 6.61 Å². The summed E-state index contributed by atoms with van der Waals surface area (Å²) in [5.41, 5.74) is -2.17. The van der Waals surface area contributed by atoms with E-state index in [2.05, 4.69) is 10.1 Å². The number of rotatable bonds is 4. The lowest BCUT2D eigenvalue weighted by Gasteiger charge is -2.39. The fraction of sp³-hybridized carbons (Fsp3) is 0.867. The zero-order valence-corrected chi connectivity index (χ0v) is 13.6. The van der Waals surface area contributed by atoms with Gasteiger partial charge < -0.3 is 24.6 Å². The zero-order chi connectivity index (χ0) is 16.6. The molecule has 2 fully saturated rings. The molecule has 7 heteroatoms. The van der Waals surface area contributed by atoms with Gasteiger partial charge in [-0.3, -0.25) is 0 Å². The first-order valence-corrected chi connectivity index (χ1v) is 7.51. The summed E-state index contributed by atoms with van der Waals surface area (Å²) in [6.45, 7) is 6.05. The van der Waals surface area contributed by atoms with Gasteiger partial charge in [0.25, 0.3) is 0 Å². The van der Waals surface area contributed by atoms with Crippen LogP contribution in [0, 0.1) is 5.41 Å². The van der Waals surface area contributed by atoms with Crippen LogP contribution in [-0.2, 0) is 19.0 Å². The molecular formula is C15H25NO6. The largest absolute Gasteiger partial charge is 0.467 e. The number of alkyl carbamates (subject to hydrolysis) is 1. The van der Waals surface area contributed by atoms with Crippen molar-refractivity contribution < 1.29 is 28.9 Å². The second-order valence-corrected chi connectivity index (χ2v) is 7.09. The molecule has 1 saturated heterocycles. The number of carbonyl (C=O) groups is 2. The molecule has 1 aliphatic heterocycles. The first-order valence-electron chi connectivity index (χ1n) is 7.51. The highest BCUT2D eigenvalue weighted by molar-refractivity contribution is 5.77. The van der Waals surface area contributed by atoms with Crippen LogP contribution in [0.5, 0.6) is 0 Å². The number of carbonyl (C=O) groups excluding carboxylic acids is 2. The van der Waals surface area contributed by atoms with Crippen molar-refractivity contribution in [1.29, 1.82) is 0 Å². The van der Waals surface area contributed by atoms with Gasteiger partial charge in [-0.25, -0.2) is 9.59 Å². The van der Waals surface area contributed by atoms with Gasteiger partial charge in [0, 0.05) is 12.0 Å². The van der Waals surface area contributed by atoms with Crippen molar-refractivity contribution in [2.75, 3.05) is 20.3 Å². The Labute approximate surface area is 130 Å². The van der Waals surface area contributed by atoms with Crippen molar-refractivity contribution in [3.63, 3.8) is 0 Å². The van der Waals surface area contributed by atoms with Crippen LogP contribution in [0.25, 0.3) is 0 Å². The molecule has 0 spiro atoms. The molecule has 2 rings (SSSR count). The summed E-state index contributed by atoms with van der Waals surface area (Å²) in [6, 6.07) is 0. The van der Waals surface area contributed by atoms with E-state index in [4.69, 9.17) is 9.47 Å². The van der Waals surface area contributed by atoms with Crippen LogP contribution in [0.4, 0.5) is 4.79 Å². The summed E-state index contributed by atoms with van der Waals surface area (Å²) in [6.07, 6.45) is -0.0685. The first kappa shape index (κ1) is 17.0. The van der Waals surface area contributed by atoms with Crippen molar-refractivity contribution in [3.05, 3.63) is 0 Å². The van der Waals surface area contributed by atoms with Crippen LogP contribution in [0.15, 0.2) is 0 Å².